The summed E-state index contributed by atoms with van der Waals surface area (Å²) in [6, 6.07) is 0. The Balaban J connectivity index is 1.30. The lowest BCUT2D eigenvalue weighted by Crippen LogP contribution is -2.62. The molecule has 6 fully saturated rings. The van der Waals surface area contributed by atoms with Crippen LogP contribution in [0.25, 0.3) is 0 Å². The van der Waals surface area contributed by atoms with E-state index in [1.54, 1.807) is 0 Å². The second kappa shape index (κ2) is 8.18. The zero-order chi connectivity index (χ0) is 25.9. The molecular weight excluding hydrogens is 460 g/mol. The molecule has 5 aliphatic carbocycles. The maximum Gasteiger partial charge on any atom is 0.175 e. The minimum atomic E-state index is -1.59. The van der Waals surface area contributed by atoms with Crippen LogP contribution in [0.1, 0.15) is 86.0 Å². The molecule has 36 heavy (non-hydrogen) atoms. The number of aliphatic hydroxyl groups excluding tert-OH is 1. The molecule has 0 unspecified atom stereocenters. The first-order valence-corrected chi connectivity index (χ1v) is 19.0. The minimum absolute atomic E-state index is 0.292. The van der Waals surface area contributed by atoms with Crippen molar-refractivity contribution in [2.75, 3.05) is 13.2 Å². The molecule has 204 valence electrons. The van der Waals surface area contributed by atoms with Crippen LogP contribution in [-0.4, -0.2) is 38.3 Å². The fourth-order valence-corrected chi connectivity index (χ4v) is 13.7. The van der Waals surface area contributed by atoms with Gasteiger partial charge in [0.05, 0.1) is 27.4 Å². The van der Waals surface area contributed by atoms with Crippen LogP contribution in [0.3, 0.4) is 0 Å². The van der Waals surface area contributed by atoms with Crippen LogP contribution in [0, 0.1) is 57.7 Å². The van der Waals surface area contributed by atoms with Gasteiger partial charge in [-0.1, -0.05) is 65.5 Å². The Morgan fingerprint density at radius 1 is 0.917 bits per heavy atom. The van der Waals surface area contributed by atoms with Crippen LogP contribution in [0.2, 0.25) is 19.6 Å². The first-order chi connectivity index (χ1) is 16.8. The number of ether oxygens (including phenoxy) is 2. The Kier molecular flexibility index (Phi) is 5.92. The normalized spacial score (nSPS) is 48.9. The highest BCUT2D eigenvalue weighted by Crippen LogP contribution is 2.85. The molecule has 0 radical (unpaired) electrons. The van der Waals surface area contributed by atoms with Crippen molar-refractivity contribution in [1.29, 1.82) is 0 Å². The van der Waals surface area contributed by atoms with Crippen molar-refractivity contribution in [3.8, 4) is 0 Å². The van der Waals surface area contributed by atoms with Crippen LogP contribution in [-0.2, 0) is 9.47 Å². The second-order valence-corrected chi connectivity index (χ2v) is 21.1. The van der Waals surface area contributed by atoms with Crippen LogP contribution in [0.4, 0.5) is 0 Å². The van der Waals surface area contributed by atoms with E-state index < -0.39 is 8.07 Å². The summed E-state index contributed by atoms with van der Waals surface area (Å²) in [5.41, 5.74) is 1.02. The van der Waals surface area contributed by atoms with Crippen molar-refractivity contribution < 1.29 is 14.6 Å². The SMILES string of the molecule is CC(C)/C=C(\[C@@H](O)[C@@H](C)[C@H]1CC[C@H]2[C@@H]3CC4(OCCO4)[C@]45C[C@@H]4CC[C@]5(C)[C@H]3CC[C@]12C)[Si](C)(C)C. The van der Waals surface area contributed by atoms with Gasteiger partial charge >= 0.3 is 0 Å². The lowest BCUT2D eigenvalue weighted by Gasteiger charge is -2.63. The van der Waals surface area contributed by atoms with E-state index in [1.165, 1.54) is 50.1 Å². The van der Waals surface area contributed by atoms with Gasteiger partial charge in [-0.2, -0.15) is 0 Å². The molecule has 6 rings (SSSR count). The Bertz CT molecular complexity index is 915. The summed E-state index contributed by atoms with van der Waals surface area (Å²) in [5, 5.41) is 13.2. The van der Waals surface area contributed by atoms with Crippen molar-refractivity contribution >= 4 is 8.07 Å². The predicted molar refractivity (Wildman–Crippen MR) is 149 cm³/mol. The molecule has 0 aromatic rings. The number of hydrogen-bond acceptors (Lipinski definition) is 3. The quantitative estimate of drug-likeness (QED) is 0.387. The first kappa shape index (κ1) is 26.1. The molecule has 4 heteroatoms. The van der Waals surface area contributed by atoms with Crippen molar-refractivity contribution in [1.82, 2.24) is 0 Å². The van der Waals surface area contributed by atoms with Crippen molar-refractivity contribution in [2.24, 2.45) is 57.7 Å². The average Bonchev–Trinajstić information content (AvgIpc) is 3.05. The first-order valence-electron chi connectivity index (χ1n) is 15.5. The maximum atomic E-state index is 11.9. The Morgan fingerprint density at radius 3 is 2.22 bits per heavy atom. The van der Waals surface area contributed by atoms with Gasteiger partial charge in [-0.3, -0.25) is 0 Å². The molecule has 5 saturated carbocycles. The molecule has 2 spiro atoms. The highest BCUT2D eigenvalue weighted by molar-refractivity contribution is 6.83. The molecule has 1 heterocycles. The van der Waals surface area contributed by atoms with E-state index in [0.717, 1.165) is 37.4 Å². The average molecular weight is 515 g/mol. The van der Waals surface area contributed by atoms with Crippen LogP contribution in [0.5, 0.6) is 0 Å². The maximum absolute atomic E-state index is 11.9. The molecule has 1 N–H and O–H groups in total. The van der Waals surface area contributed by atoms with Crippen molar-refractivity contribution in [3.63, 3.8) is 0 Å². The smallest absolute Gasteiger partial charge is 0.175 e. The van der Waals surface area contributed by atoms with Gasteiger partial charge in [0.1, 0.15) is 0 Å². The van der Waals surface area contributed by atoms with E-state index >= 15 is 0 Å². The lowest BCUT2D eigenvalue weighted by molar-refractivity contribution is -0.294. The summed E-state index contributed by atoms with van der Waals surface area (Å²) in [7, 11) is -1.59. The molecular formula is C32H54O3Si. The largest absolute Gasteiger partial charge is 0.389 e. The van der Waals surface area contributed by atoms with Crippen molar-refractivity contribution in [3.05, 3.63) is 11.3 Å². The van der Waals surface area contributed by atoms with Gasteiger partial charge in [0.15, 0.2) is 5.79 Å². The zero-order valence-corrected chi connectivity index (χ0v) is 25.5. The summed E-state index contributed by atoms with van der Waals surface area (Å²) >= 11 is 0. The summed E-state index contributed by atoms with van der Waals surface area (Å²) in [6.07, 6.45) is 12.7. The van der Waals surface area contributed by atoms with Gasteiger partial charge in [0.25, 0.3) is 0 Å². The summed E-state index contributed by atoms with van der Waals surface area (Å²) < 4.78 is 13.4. The third-order valence-electron chi connectivity index (χ3n) is 13.2. The third-order valence-corrected chi connectivity index (χ3v) is 15.4. The summed E-state index contributed by atoms with van der Waals surface area (Å²) in [4.78, 5) is 0. The standard InChI is InChI=1S/C32H54O3Si/c1-20(2)17-27(36(6,7)8)28(33)21(3)24-9-10-25-23-19-32(34-15-16-35-32)31-18-22(31)11-14-30(31,5)26(23)12-13-29(24,25)4/h17,20-26,28,33H,9-16,18-19H2,1-8H3/b27-17+/t21-,22-,23-,24+,25-,26-,28-,29+,30+,31+/m0/s1. The fraction of sp³-hybridized carbons (Fsp3) is 0.938. The Labute approximate surface area is 222 Å². The van der Waals surface area contributed by atoms with Crippen LogP contribution < -0.4 is 0 Å². The number of aliphatic hydroxyl groups is 1. The second-order valence-electron chi connectivity index (χ2n) is 16.0. The third kappa shape index (κ3) is 3.26. The number of hydrogen-bond donors (Lipinski definition) is 1. The molecule has 0 bridgehead atoms. The lowest BCUT2D eigenvalue weighted by atomic mass is 9.44. The van der Waals surface area contributed by atoms with Gasteiger partial charge in [-0.15, -0.1) is 0 Å². The molecule has 1 aliphatic heterocycles. The van der Waals surface area contributed by atoms with Gasteiger partial charge < -0.3 is 14.6 Å². The molecule has 0 aromatic heterocycles. The molecule has 3 nitrogen and oxygen atoms in total. The number of fused-ring (bicyclic) bond motifs is 4. The van der Waals surface area contributed by atoms with E-state index in [9.17, 15) is 5.11 Å². The topological polar surface area (TPSA) is 38.7 Å². The van der Waals surface area contributed by atoms with E-state index in [-0.39, 0.29) is 11.9 Å². The van der Waals surface area contributed by atoms with E-state index in [0.29, 0.717) is 39.9 Å². The summed E-state index contributed by atoms with van der Waals surface area (Å²) in [6.45, 7) is 21.0. The predicted octanol–water partition coefficient (Wildman–Crippen LogP) is 7.46. The summed E-state index contributed by atoms with van der Waals surface area (Å²) in [5.74, 6) is 4.26. The highest BCUT2D eigenvalue weighted by atomic mass is 28.3. The fourth-order valence-electron chi connectivity index (χ4n) is 11.7. The molecule has 6 aliphatic rings. The van der Waals surface area contributed by atoms with Gasteiger partial charge in [0.2, 0.25) is 0 Å². The Hall–Kier alpha value is -0.163. The Morgan fingerprint density at radius 2 is 1.61 bits per heavy atom. The molecule has 0 aromatic carbocycles. The minimum Gasteiger partial charge on any atom is -0.389 e. The van der Waals surface area contributed by atoms with E-state index in [1.807, 2.05) is 0 Å². The molecule has 0 amide bonds. The highest BCUT2D eigenvalue weighted by Gasteiger charge is 2.83. The monoisotopic (exact) mass is 514 g/mol. The van der Waals surface area contributed by atoms with Gasteiger partial charge in [-0.25, -0.2) is 0 Å². The van der Waals surface area contributed by atoms with Crippen LogP contribution >= 0.6 is 0 Å². The van der Waals surface area contributed by atoms with Crippen molar-refractivity contribution in [2.45, 2.75) is 118 Å². The number of allylic oxidation sites excluding steroid dienone is 1. The van der Waals surface area contributed by atoms with E-state index in [2.05, 4.69) is 60.3 Å². The van der Waals surface area contributed by atoms with E-state index in [4.69, 9.17) is 9.47 Å². The van der Waals surface area contributed by atoms with Crippen LogP contribution in [0.15, 0.2) is 11.3 Å². The van der Waals surface area contributed by atoms with Gasteiger partial charge in [-0.05, 0) is 97.2 Å². The molecule has 10 atom stereocenters. The molecule has 1 saturated heterocycles. The zero-order valence-electron chi connectivity index (χ0n) is 24.5. The van der Waals surface area contributed by atoms with Gasteiger partial charge in [0, 0.05) is 11.8 Å². The number of rotatable bonds is 5.